The standard InChI is InChI=1S/C34H23NSe/c1-3-11-26(12-4-1)35(27-13-5-2-6-14-27)32-17-9-7-15-28(32)24-19-21-29-25(23-24)20-22-31-30-16-8-10-18-33(30)36-34(29)31/h1-23H. The molecule has 0 amide bonds. The Kier molecular flexibility index (Phi) is 5.21. The summed E-state index contributed by atoms with van der Waals surface area (Å²) in [6.07, 6.45) is 0. The molecule has 1 nitrogen and oxygen atoms in total. The van der Waals surface area contributed by atoms with Crippen molar-refractivity contribution >= 4 is 61.6 Å². The third-order valence-electron chi connectivity index (χ3n) is 6.84. The van der Waals surface area contributed by atoms with Crippen LogP contribution in [0.5, 0.6) is 0 Å². The van der Waals surface area contributed by atoms with Crippen LogP contribution in [0.3, 0.4) is 0 Å². The first-order chi connectivity index (χ1) is 17.9. The summed E-state index contributed by atoms with van der Waals surface area (Å²) >= 11 is 0.349. The number of hydrogen-bond acceptors (Lipinski definition) is 1. The molecule has 0 aliphatic heterocycles. The van der Waals surface area contributed by atoms with Crippen molar-refractivity contribution < 1.29 is 0 Å². The maximum absolute atomic E-state index is 2.36. The van der Waals surface area contributed by atoms with E-state index in [1.165, 1.54) is 46.9 Å². The van der Waals surface area contributed by atoms with Crippen molar-refractivity contribution in [2.24, 2.45) is 0 Å². The Labute approximate surface area is 216 Å². The number of anilines is 3. The monoisotopic (exact) mass is 525 g/mol. The number of nitrogens with zero attached hydrogens (tertiary/aromatic N) is 1. The van der Waals surface area contributed by atoms with Crippen LogP contribution >= 0.6 is 0 Å². The average Bonchev–Trinajstić information content (AvgIpc) is 3.34. The van der Waals surface area contributed by atoms with E-state index in [0.29, 0.717) is 14.5 Å². The molecule has 0 fully saturated rings. The molecule has 6 aromatic carbocycles. The molecule has 0 aliphatic rings. The Hall–Kier alpha value is -4.10. The van der Waals surface area contributed by atoms with Gasteiger partial charge in [0, 0.05) is 0 Å². The second-order valence-corrected chi connectivity index (χ2v) is 11.2. The molecule has 0 N–H and O–H groups in total. The number of fused-ring (bicyclic) bond motifs is 5. The van der Waals surface area contributed by atoms with Gasteiger partial charge in [-0.25, -0.2) is 0 Å². The summed E-state index contributed by atoms with van der Waals surface area (Å²) in [6.45, 7) is 0. The normalized spacial score (nSPS) is 11.3. The molecule has 0 saturated carbocycles. The van der Waals surface area contributed by atoms with Gasteiger partial charge in [-0.1, -0.05) is 0 Å². The second-order valence-electron chi connectivity index (χ2n) is 9.00. The number of hydrogen-bond donors (Lipinski definition) is 0. The van der Waals surface area contributed by atoms with E-state index in [0.717, 1.165) is 11.4 Å². The van der Waals surface area contributed by atoms with Crippen molar-refractivity contribution in [2.75, 3.05) is 4.90 Å². The molecule has 7 rings (SSSR count). The van der Waals surface area contributed by atoms with Crippen molar-refractivity contribution in [2.45, 2.75) is 0 Å². The fraction of sp³-hybridized carbons (Fsp3) is 0. The van der Waals surface area contributed by atoms with Crippen LogP contribution in [0.2, 0.25) is 0 Å². The molecule has 0 saturated heterocycles. The van der Waals surface area contributed by atoms with E-state index in [-0.39, 0.29) is 0 Å². The van der Waals surface area contributed by atoms with Gasteiger partial charge in [0.15, 0.2) is 0 Å². The van der Waals surface area contributed by atoms with E-state index in [9.17, 15) is 0 Å². The molecular formula is C34H23NSe. The van der Waals surface area contributed by atoms with E-state index in [2.05, 4.69) is 144 Å². The minimum absolute atomic E-state index is 0.349. The zero-order valence-corrected chi connectivity index (χ0v) is 21.3. The van der Waals surface area contributed by atoms with Crippen LogP contribution in [0.4, 0.5) is 17.1 Å². The molecule has 1 heterocycles. The van der Waals surface area contributed by atoms with Gasteiger partial charge in [-0.05, 0) is 0 Å². The van der Waals surface area contributed by atoms with Crippen LogP contribution in [-0.2, 0) is 0 Å². The van der Waals surface area contributed by atoms with Gasteiger partial charge >= 0.3 is 217 Å². The van der Waals surface area contributed by atoms with Crippen LogP contribution in [0.1, 0.15) is 0 Å². The van der Waals surface area contributed by atoms with Crippen molar-refractivity contribution in [1.29, 1.82) is 0 Å². The molecule has 1 aromatic heterocycles. The fourth-order valence-corrected chi connectivity index (χ4v) is 7.77. The molecule has 170 valence electrons. The molecule has 0 unspecified atom stereocenters. The Morgan fingerprint density at radius 1 is 0.472 bits per heavy atom. The first kappa shape index (κ1) is 21.2. The molecule has 0 spiro atoms. The Bertz CT molecular complexity index is 1790. The minimum atomic E-state index is 0.349. The van der Waals surface area contributed by atoms with Gasteiger partial charge in [-0.3, -0.25) is 0 Å². The SMILES string of the molecule is c1ccc(N(c2ccccc2)c2ccccc2-c2ccc3c(ccc4c5ccccc5[se]c34)c2)cc1. The van der Waals surface area contributed by atoms with Gasteiger partial charge in [0.25, 0.3) is 0 Å². The average molecular weight is 525 g/mol. The third kappa shape index (κ3) is 3.55. The third-order valence-corrected chi connectivity index (χ3v) is 9.40. The van der Waals surface area contributed by atoms with E-state index < -0.39 is 0 Å². The molecule has 0 aliphatic carbocycles. The molecule has 2 heteroatoms. The summed E-state index contributed by atoms with van der Waals surface area (Å²) in [5.41, 5.74) is 5.93. The number of rotatable bonds is 4. The Morgan fingerprint density at radius 2 is 1.11 bits per heavy atom. The van der Waals surface area contributed by atoms with E-state index in [1.807, 2.05) is 0 Å². The van der Waals surface area contributed by atoms with Crippen molar-refractivity contribution in [3.8, 4) is 11.1 Å². The Balaban J connectivity index is 1.42. The summed E-state index contributed by atoms with van der Waals surface area (Å²) in [5.74, 6) is 0. The predicted molar refractivity (Wildman–Crippen MR) is 156 cm³/mol. The quantitative estimate of drug-likeness (QED) is 0.207. The first-order valence-corrected chi connectivity index (χ1v) is 13.9. The second kappa shape index (κ2) is 8.84. The van der Waals surface area contributed by atoms with E-state index >= 15 is 0 Å². The summed E-state index contributed by atoms with van der Waals surface area (Å²) < 4.78 is 3.00. The first-order valence-electron chi connectivity index (χ1n) is 12.2. The zero-order valence-electron chi connectivity index (χ0n) is 19.6. The van der Waals surface area contributed by atoms with E-state index in [4.69, 9.17) is 0 Å². The molecule has 0 radical (unpaired) electrons. The molecule has 7 aromatic rings. The Morgan fingerprint density at radius 3 is 1.89 bits per heavy atom. The van der Waals surface area contributed by atoms with Crippen LogP contribution in [0.25, 0.3) is 41.2 Å². The van der Waals surface area contributed by atoms with Gasteiger partial charge in [0.05, 0.1) is 0 Å². The zero-order chi connectivity index (χ0) is 23.9. The molecular weight excluding hydrogens is 501 g/mol. The molecule has 36 heavy (non-hydrogen) atoms. The van der Waals surface area contributed by atoms with Crippen molar-refractivity contribution in [3.05, 3.63) is 140 Å². The predicted octanol–water partition coefficient (Wildman–Crippen LogP) is 9.34. The van der Waals surface area contributed by atoms with Gasteiger partial charge < -0.3 is 0 Å². The maximum atomic E-state index is 2.36. The van der Waals surface area contributed by atoms with Crippen LogP contribution in [0.15, 0.2) is 140 Å². The van der Waals surface area contributed by atoms with Crippen LogP contribution < -0.4 is 4.90 Å². The fourth-order valence-electron chi connectivity index (χ4n) is 5.17. The van der Waals surface area contributed by atoms with Gasteiger partial charge in [0.2, 0.25) is 0 Å². The molecule has 0 atom stereocenters. The van der Waals surface area contributed by atoms with Crippen molar-refractivity contribution in [3.63, 3.8) is 0 Å². The van der Waals surface area contributed by atoms with E-state index in [1.54, 1.807) is 0 Å². The summed E-state index contributed by atoms with van der Waals surface area (Å²) in [7, 11) is 0. The topological polar surface area (TPSA) is 3.24 Å². The van der Waals surface area contributed by atoms with Crippen molar-refractivity contribution in [1.82, 2.24) is 0 Å². The molecule has 0 bridgehead atoms. The summed E-state index contributed by atoms with van der Waals surface area (Å²) in [4.78, 5) is 2.35. The summed E-state index contributed by atoms with van der Waals surface area (Å²) in [6, 6.07) is 50.5. The van der Waals surface area contributed by atoms with Crippen LogP contribution in [0, 0.1) is 0 Å². The number of benzene rings is 6. The van der Waals surface area contributed by atoms with Gasteiger partial charge in [-0.15, -0.1) is 0 Å². The summed E-state index contributed by atoms with van der Waals surface area (Å²) in [5, 5.41) is 5.50. The van der Waals surface area contributed by atoms with Gasteiger partial charge in [0.1, 0.15) is 0 Å². The number of para-hydroxylation sites is 3. The van der Waals surface area contributed by atoms with Crippen LogP contribution in [-0.4, -0.2) is 14.5 Å². The van der Waals surface area contributed by atoms with Gasteiger partial charge in [-0.2, -0.15) is 0 Å².